The predicted molar refractivity (Wildman–Crippen MR) is 86.4 cm³/mol. The smallest absolute Gasteiger partial charge is 0.0599 e. The number of piperidine rings is 1. The molecule has 0 aromatic heterocycles. The van der Waals surface area contributed by atoms with Crippen LogP contribution in [0, 0.1) is 0 Å². The number of ether oxygens (including phenoxy) is 1. The van der Waals surface area contributed by atoms with Crippen LogP contribution in [0.5, 0.6) is 0 Å². The number of hydrogen-bond acceptors (Lipinski definition) is 3. The molecule has 1 aliphatic heterocycles. The van der Waals surface area contributed by atoms with Crippen LogP contribution < -0.4 is 5.73 Å². The Balaban J connectivity index is 1.71. The Bertz CT molecular complexity index is 450. The van der Waals surface area contributed by atoms with Crippen molar-refractivity contribution in [2.45, 2.75) is 50.7 Å². The van der Waals surface area contributed by atoms with Crippen molar-refractivity contribution in [1.82, 2.24) is 4.90 Å². The van der Waals surface area contributed by atoms with Crippen LogP contribution in [0.4, 0.5) is 0 Å². The zero-order valence-corrected chi connectivity index (χ0v) is 13.1. The van der Waals surface area contributed by atoms with Crippen LogP contribution in [0.25, 0.3) is 0 Å². The van der Waals surface area contributed by atoms with Gasteiger partial charge in [-0.2, -0.15) is 0 Å². The van der Waals surface area contributed by atoms with Gasteiger partial charge in [0, 0.05) is 32.3 Å². The maximum absolute atomic E-state index is 6.15. The van der Waals surface area contributed by atoms with Crippen molar-refractivity contribution >= 4 is 0 Å². The standard InChI is InChI=1S/C18H28N2O/c1-2-21-15-9-11-20(12-10-15)18(13-19)17-6-4-3-5-16(17)14-7-8-14/h3-6,14-15,18H,2,7-13,19H2,1H3. The van der Waals surface area contributed by atoms with Crippen LogP contribution in [-0.4, -0.2) is 37.2 Å². The van der Waals surface area contributed by atoms with Crippen LogP contribution in [0.2, 0.25) is 0 Å². The van der Waals surface area contributed by atoms with E-state index in [2.05, 4.69) is 36.1 Å². The number of nitrogens with zero attached hydrogens (tertiary/aromatic N) is 1. The van der Waals surface area contributed by atoms with E-state index in [-0.39, 0.29) is 0 Å². The monoisotopic (exact) mass is 288 g/mol. The van der Waals surface area contributed by atoms with E-state index in [0.29, 0.717) is 18.7 Å². The zero-order chi connectivity index (χ0) is 14.7. The van der Waals surface area contributed by atoms with Crippen molar-refractivity contribution in [3.8, 4) is 0 Å². The summed E-state index contributed by atoms with van der Waals surface area (Å²) in [6.45, 7) is 5.83. The molecule has 1 aromatic carbocycles. The van der Waals surface area contributed by atoms with E-state index in [0.717, 1.165) is 38.5 Å². The lowest BCUT2D eigenvalue weighted by Crippen LogP contribution is -2.42. The molecule has 1 saturated carbocycles. The molecule has 3 rings (SSSR count). The van der Waals surface area contributed by atoms with Gasteiger partial charge in [-0.25, -0.2) is 0 Å². The lowest BCUT2D eigenvalue weighted by atomic mass is 9.94. The molecular formula is C18H28N2O. The van der Waals surface area contributed by atoms with Crippen molar-refractivity contribution in [2.24, 2.45) is 5.73 Å². The van der Waals surface area contributed by atoms with Gasteiger partial charge in [-0.15, -0.1) is 0 Å². The molecular weight excluding hydrogens is 260 g/mol. The summed E-state index contributed by atoms with van der Waals surface area (Å²) in [7, 11) is 0. The lowest BCUT2D eigenvalue weighted by Gasteiger charge is -2.38. The highest BCUT2D eigenvalue weighted by atomic mass is 16.5. The first-order chi connectivity index (χ1) is 10.3. The molecule has 1 aliphatic carbocycles. The normalized spacial score (nSPS) is 22.4. The Hall–Kier alpha value is -0.900. The van der Waals surface area contributed by atoms with Gasteiger partial charge in [-0.1, -0.05) is 24.3 Å². The third-order valence-electron chi connectivity index (χ3n) is 4.92. The van der Waals surface area contributed by atoms with Crippen molar-refractivity contribution in [3.63, 3.8) is 0 Å². The van der Waals surface area contributed by atoms with Gasteiger partial charge in [0.15, 0.2) is 0 Å². The van der Waals surface area contributed by atoms with Crippen LogP contribution in [0.1, 0.15) is 55.7 Å². The minimum absolute atomic E-state index is 0.379. The Morgan fingerprint density at radius 2 is 1.90 bits per heavy atom. The summed E-state index contributed by atoms with van der Waals surface area (Å²) in [6.07, 6.45) is 5.41. The molecule has 2 aliphatic rings. The van der Waals surface area contributed by atoms with Gasteiger partial charge in [-0.3, -0.25) is 4.90 Å². The SMILES string of the molecule is CCOC1CCN(C(CN)c2ccccc2C2CC2)CC1. The first-order valence-corrected chi connectivity index (χ1v) is 8.48. The zero-order valence-electron chi connectivity index (χ0n) is 13.1. The molecule has 1 heterocycles. The fourth-order valence-corrected chi connectivity index (χ4v) is 3.64. The molecule has 1 aromatic rings. The van der Waals surface area contributed by atoms with E-state index < -0.39 is 0 Å². The molecule has 1 saturated heterocycles. The number of hydrogen-bond donors (Lipinski definition) is 1. The maximum Gasteiger partial charge on any atom is 0.0599 e. The fourth-order valence-electron chi connectivity index (χ4n) is 3.64. The van der Waals surface area contributed by atoms with Crippen LogP contribution >= 0.6 is 0 Å². The second-order valence-corrected chi connectivity index (χ2v) is 6.35. The molecule has 0 radical (unpaired) electrons. The predicted octanol–water partition coefficient (Wildman–Crippen LogP) is 3.06. The summed E-state index contributed by atoms with van der Waals surface area (Å²) in [5.74, 6) is 0.788. The Morgan fingerprint density at radius 3 is 2.52 bits per heavy atom. The third kappa shape index (κ3) is 3.47. The van der Waals surface area contributed by atoms with Crippen molar-refractivity contribution < 1.29 is 4.74 Å². The fraction of sp³-hybridized carbons (Fsp3) is 0.667. The highest BCUT2D eigenvalue weighted by molar-refractivity contribution is 5.36. The van der Waals surface area contributed by atoms with Gasteiger partial charge >= 0.3 is 0 Å². The van der Waals surface area contributed by atoms with E-state index >= 15 is 0 Å². The summed E-state index contributed by atoms with van der Waals surface area (Å²) in [6, 6.07) is 9.31. The van der Waals surface area contributed by atoms with E-state index in [9.17, 15) is 0 Å². The molecule has 2 fully saturated rings. The van der Waals surface area contributed by atoms with Gasteiger partial charge in [-0.05, 0) is 49.7 Å². The first kappa shape index (κ1) is 15.0. The number of benzene rings is 1. The third-order valence-corrected chi connectivity index (χ3v) is 4.92. The van der Waals surface area contributed by atoms with Gasteiger partial charge in [0.25, 0.3) is 0 Å². The van der Waals surface area contributed by atoms with Gasteiger partial charge in [0.05, 0.1) is 6.10 Å². The van der Waals surface area contributed by atoms with E-state index in [4.69, 9.17) is 10.5 Å². The Morgan fingerprint density at radius 1 is 1.19 bits per heavy atom. The van der Waals surface area contributed by atoms with Crippen molar-refractivity contribution in [3.05, 3.63) is 35.4 Å². The highest BCUT2D eigenvalue weighted by Crippen LogP contribution is 2.43. The molecule has 21 heavy (non-hydrogen) atoms. The van der Waals surface area contributed by atoms with E-state index in [1.807, 2.05) is 0 Å². The van der Waals surface area contributed by atoms with Crippen LogP contribution in [-0.2, 0) is 4.74 Å². The number of nitrogens with two attached hydrogens (primary N) is 1. The number of likely N-dealkylation sites (tertiary alicyclic amines) is 1. The quantitative estimate of drug-likeness (QED) is 0.874. The molecule has 0 amide bonds. The first-order valence-electron chi connectivity index (χ1n) is 8.48. The Labute approximate surface area is 128 Å². The average Bonchev–Trinajstić information content (AvgIpc) is 3.35. The number of rotatable bonds is 6. The average molecular weight is 288 g/mol. The topological polar surface area (TPSA) is 38.5 Å². The maximum atomic E-state index is 6.15. The molecule has 1 unspecified atom stereocenters. The molecule has 1 atom stereocenters. The minimum atomic E-state index is 0.379. The lowest BCUT2D eigenvalue weighted by molar-refractivity contribution is 0.00443. The summed E-state index contributed by atoms with van der Waals surface area (Å²) >= 11 is 0. The minimum Gasteiger partial charge on any atom is -0.378 e. The second-order valence-electron chi connectivity index (χ2n) is 6.35. The summed E-state index contributed by atoms with van der Waals surface area (Å²) < 4.78 is 5.76. The molecule has 3 heteroatoms. The second kappa shape index (κ2) is 6.91. The highest BCUT2D eigenvalue weighted by Gasteiger charge is 2.31. The summed E-state index contributed by atoms with van der Waals surface area (Å²) in [5, 5.41) is 0. The van der Waals surface area contributed by atoms with E-state index in [1.54, 1.807) is 5.56 Å². The molecule has 116 valence electrons. The molecule has 0 spiro atoms. The summed E-state index contributed by atoms with van der Waals surface area (Å²) in [5.41, 5.74) is 9.16. The van der Waals surface area contributed by atoms with Crippen LogP contribution in [0.15, 0.2) is 24.3 Å². The largest absolute Gasteiger partial charge is 0.378 e. The Kier molecular flexibility index (Phi) is 4.94. The summed E-state index contributed by atoms with van der Waals surface area (Å²) in [4.78, 5) is 2.57. The van der Waals surface area contributed by atoms with Gasteiger partial charge < -0.3 is 10.5 Å². The van der Waals surface area contributed by atoms with Gasteiger partial charge in [0.2, 0.25) is 0 Å². The van der Waals surface area contributed by atoms with Crippen molar-refractivity contribution in [2.75, 3.05) is 26.2 Å². The van der Waals surface area contributed by atoms with E-state index in [1.165, 1.54) is 18.4 Å². The molecule has 2 N–H and O–H groups in total. The van der Waals surface area contributed by atoms with Crippen LogP contribution in [0.3, 0.4) is 0 Å². The van der Waals surface area contributed by atoms with Gasteiger partial charge in [0.1, 0.15) is 0 Å². The molecule has 0 bridgehead atoms. The molecule has 3 nitrogen and oxygen atoms in total. The van der Waals surface area contributed by atoms with Crippen molar-refractivity contribution in [1.29, 1.82) is 0 Å².